The Morgan fingerprint density at radius 2 is 2.12 bits per heavy atom. The lowest BCUT2D eigenvalue weighted by Crippen LogP contribution is -2.20. The van der Waals surface area contributed by atoms with Crippen LogP contribution in [0.4, 0.5) is 5.69 Å². The van der Waals surface area contributed by atoms with Crippen LogP contribution in [-0.4, -0.2) is 13.0 Å². The Morgan fingerprint density at radius 1 is 1.41 bits per heavy atom. The molecule has 1 amide bonds. The molecule has 3 nitrogen and oxygen atoms in total. The molecule has 1 aromatic carbocycles. The third-order valence-electron chi connectivity index (χ3n) is 3.15. The maximum Gasteiger partial charge on any atom is 0.227 e. The van der Waals surface area contributed by atoms with Gasteiger partial charge in [0.15, 0.2) is 0 Å². The number of hydrogen-bond donors (Lipinski definition) is 1. The molecule has 0 spiro atoms. The van der Waals surface area contributed by atoms with Crippen LogP contribution in [0.5, 0.6) is 5.75 Å². The van der Waals surface area contributed by atoms with Gasteiger partial charge in [-0.05, 0) is 31.0 Å². The number of halogens is 1. The molecular weight excluding hydrogens is 238 g/mol. The van der Waals surface area contributed by atoms with Gasteiger partial charge in [0.05, 0.1) is 12.8 Å². The van der Waals surface area contributed by atoms with Crippen molar-refractivity contribution >= 4 is 23.2 Å². The second kappa shape index (κ2) is 5.41. The molecule has 1 fully saturated rings. The standard InChI is InChI=1S/C13H16ClNO2/c1-17-12-7-6-10(14)8-11(12)15-13(16)9-4-2-3-5-9/h6-9H,2-5H2,1H3,(H,15,16). The highest BCUT2D eigenvalue weighted by atomic mass is 35.5. The zero-order chi connectivity index (χ0) is 12.3. The van der Waals surface area contributed by atoms with E-state index in [0.717, 1.165) is 25.7 Å². The Bertz CT molecular complexity index is 414. The Hall–Kier alpha value is -1.22. The maximum absolute atomic E-state index is 12.0. The van der Waals surface area contributed by atoms with Gasteiger partial charge in [0.25, 0.3) is 0 Å². The van der Waals surface area contributed by atoms with Crippen LogP contribution in [0.3, 0.4) is 0 Å². The van der Waals surface area contributed by atoms with E-state index in [1.807, 2.05) is 0 Å². The molecule has 1 saturated carbocycles. The number of ether oxygens (including phenoxy) is 1. The first-order valence-electron chi connectivity index (χ1n) is 5.85. The highest BCUT2D eigenvalue weighted by Crippen LogP contribution is 2.30. The smallest absolute Gasteiger partial charge is 0.227 e. The van der Waals surface area contributed by atoms with Crippen molar-refractivity contribution in [3.05, 3.63) is 23.2 Å². The average Bonchev–Trinajstić information content (AvgIpc) is 2.83. The molecule has 92 valence electrons. The number of amides is 1. The summed E-state index contributed by atoms with van der Waals surface area (Å²) in [6.45, 7) is 0. The fourth-order valence-corrected chi connectivity index (χ4v) is 2.37. The van der Waals surface area contributed by atoms with Crippen LogP contribution in [0.1, 0.15) is 25.7 Å². The molecule has 0 heterocycles. The summed E-state index contributed by atoms with van der Waals surface area (Å²) in [6.07, 6.45) is 4.25. The third-order valence-corrected chi connectivity index (χ3v) is 3.38. The number of benzene rings is 1. The Morgan fingerprint density at radius 3 is 2.76 bits per heavy atom. The number of nitrogens with one attached hydrogen (secondary N) is 1. The van der Waals surface area contributed by atoms with Gasteiger partial charge in [-0.2, -0.15) is 0 Å². The number of anilines is 1. The summed E-state index contributed by atoms with van der Waals surface area (Å²) in [5, 5.41) is 3.49. The minimum Gasteiger partial charge on any atom is -0.495 e. The fourth-order valence-electron chi connectivity index (χ4n) is 2.20. The van der Waals surface area contributed by atoms with Crippen LogP contribution in [0, 0.1) is 5.92 Å². The molecule has 0 bridgehead atoms. The molecular formula is C13H16ClNO2. The highest BCUT2D eigenvalue weighted by Gasteiger charge is 2.23. The van der Waals surface area contributed by atoms with E-state index >= 15 is 0 Å². The quantitative estimate of drug-likeness (QED) is 0.896. The molecule has 0 aromatic heterocycles. The maximum atomic E-state index is 12.0. The summed E-state index contributed by atoms with van der Waals surface area (Å²) in [6, 6.07) is 5.21. The lowest BCUT2D eigenvalue weighted by Gasteiger charge is -2.13. The normalized spacial score (nSPS) is 15.9. The molecule has 1 aliphatic rings. The van der Waals surface area contributed by atoms with E-state index in [4.69, 9.17) is 16.3 Å². The molecule has 1 aliphatic carbocycles. The average molecular weight is 254 g/mol. The van der Waals surface area contributed by atoms with Crippen LogP contribution in [0.25, 0.3) is 0 Å². The third kappa shape index (κ3) is 2.91. The Balaban J connectivity index is 2.11. The molecule has 2 rings (SSSR count). The minimum atomic E-state index is 0.0723. The van der Waals surface area contributed by atoms with E-state index < -0.39 is 0 Å². The molecule has 0 radical (unpaired) electrons. The van der Waals surface area contributed by atoms with Crippen molar-refractivity contribution in [1.29, 1.82) is 0 Å². The fraction of sp³-hybridized carbons (Fsp3) is 0.462. The summed E-state index contributed by atoms with van der Waals surface area (Å²) >= 11 is 5.91. The lowest BCUT2D eigenvalue weighted by atomic mass is 10.1. The number of methoxy groups -OCH3 is 1. The van der Waals surface area contributed by atoms with Crippen molar-refractivity contribution in [2.45, 2.75) is 25.7 Å². The molecule has 1 N–H and O–H groups in total. The number of carbonyl (C=O) groups is 1. The van der Waals surface area contributed by atoms with Gasteiger partial charge < -0.3 is 10.1 Å². The van der Waals surface area contributed by atoms with Crippen LogP contribution in [0.15, 0.2) is 18.2 Å². The van der Waals surface area contributed by atoms with Gasteiger partial charge in [-0.25, -0.2) is 0 Å². The molecule has 0 saturated heterocycles. The number of carbonyl (C=O) groups excluding carboxylic acids is 1. The monoisotopic (exact) mass is 253 g/mol. The SMILES string of the molecule is COc1ccc(Cl)cc1NC(=O)C1CCCC1. The minimum absolute atomic E-state index is 0.0723. The van der Waals surface area contributed by atoms with Crippen LogP contribution in [-0.2, 0) is 4.79 Å². The van der Waals surface area contributed by atoms with Crippen LogP contribution < -0.4 is 10.1 Å². The first kappa shape index (κ1) is 12.2. The van der Waals surface area contributed by atoms with Crippen LogP contribution >= 0.6 is 11.6 Å². The predicted molar refractivity (Wildman–Crippen MR) is 68.6 cm³/mol. The Kier molecular flexibility index (Phi) is 3.89. The van der Waals surface area contributed by atoms with E-state index in [9.17, 15) is 4.79 Å². The van der Waals surface area contributed by atoms with Crippen molar-refractivity contribution < 1.29 is 9.53 Å². The molecule has 0 unspecified atom stereocenters. The first-order chi connectivity index (χ1) is 8.20. The van der Waals surface area contributed by atoms with Crippen molar-refractivity contribution in [2.24, 2.45) is 5.92 Å². The van der Waals surface area contributed by atoms with E-state index in [1.165, 1.54) is 0 Å². The summed E-state index contributed by atoms with van der Waals surface area (Å²) in [4.78, 5) is 12.0. The van der Waals surface area contributed by atoms with E-state index in [2.05, 4.69) is 5.32 Å². The molecule has 1 aromatic rings. The molecule has 0 aliphatic heterocycles. The summed E-state index contributed by atoms with van der Waals surface area (Å²) in [5.41, 5.74) is 0.650. The summed E-state index contributed by atoms with van der Waals surface area (Å²) < 4.78 is 5.19. The van der Waals surface area contributed by atoms with Gasteiger partial charge in [-0.3, -0.25) is 4.79 Å². The predicted octanol–water partition coefficient (Wildman–Crippen LogP) is 3.48. The molecule has 17 heavy (non-hydrogen) atoms. The van der Waals surface area contributed by atoms with Crippen molar-refractivity contribution in [3.8, 4) is 5.75 Å². The second-order valence-electron chi connectivity index (χ2n) is 4.32. The molecule has 0 atom stereocenters. The topological polar surface area (TPSA) is 38.3 Å². The zero-order valence-electron chi connectivity index (χ0n) is 9.83. The van der Waals surface area contributed by atoms with Gasteiger partial charge in [0.1, 0.15) is 5.75 Å². The van der Waals surface area contributed by atoms with Gasteiger partial charge in [0, 0.05) is 10.9 Å². The first-order valence-corrected chi connectivity index (χ1v) is 6.23. The largest absolute Gasteiger partial charge is 0.495 e. The van der Waals surface area contributed by atoms with E-state index in [0.29, 0.717) is 16.5 Å². The van der Waals surface area contributed by atoms with E-state index in [1.54, 1.807) is 25.3 Å². The van der Waals surface area contributed by atoms with Crippen molar-refractivity contribution in [2.75, 3.05) is 12.4 Å². The van der Waals surface area contributed by atoms with Gasteiger partial charge in [0.2, 0.25) is 5.91 Å². The second-order valence-corrected chi connectivity index (χ2v) is 4.75. The van der Waals surface area contributed by atoms with Crippen molar-refractivity contribution in [1.82, 2.24) is 0 Å². The molecule has 4 heteroatoms. The van der Waals surface area contributed by atoms with Crippen LogP contribution in [0.2, 0.25) is 5.02 Å². The van der Waals surface area contributed by atoms with Gasteiger partial charge >= 0.3 is 0 Å². The highest BCUT2D eigenvalue weighted by molar-refractivity contribution is 6.31. The van der Waals surface area contributed by atoms with Gasteiger partial charge in [-0.15, -0.1) is 0 Å². The Labute approximate surface area is 106 Å². The number of rotatable bonds is 3. The number of hydrogen-bond acceptors (Lipinski definition) is 2. The van der Waals surface area contributed by atoms with E-state index in [-0.39, 0.29) is 11.8 Å². The van der Waals surface area contributed by atoms with Gasteiger partial charge in [-0.1, -0.05) is 24.4 Å². The van der Waals surface area contributed by atoms with Crippen molar-refractivity contribution in [3.63, 3.8) is 0 Å². The zero-order valence-corrected chi connectivity index (χ0v) is 10.6. The summed E-state index contributed by atoms with van der Waals surface area (Å²) in [5.74, 6) is 0.850. The summed E-state index contributed by atoms with van der Waals surface area (Å²) in [7, 11) is 1.58. The lowest BCUT2D eigenvalue weighted by molar-refractivity contribution is -0.119.